The van der Waals surface area contributed by atoms with E-state index in [2.05, 4.69) is 0 Å². The molecule has 0 bridgehead atoms. The minimum atomic E-state index is -0.984. The van der Waals surface area contributed by atoms with Gasteiger partial charge < -0.3 is 0 Å². The average Bonchev–Trinajstić information content (AvgIpc) is 2.31. The Balaban J connectivity index is 2.73. The normalized spacial score (nSPS) is 12.8. The second-order valence-electron chi connectivity index (χ2n) is 4.22. The second kappa shape index (κ2) is 5.87. The molecule has 0 amide bonds. The maximum Gasteiger partial charge on any atom is 0.176 e. The molecule has 2 nitrogen and oxygen atoms in total. The summed E-state index contributed by atoms with van der Waals surface area (Å²) in [7, 11) is 1.84. The molecule has 1 atom stereocenters. The first kappa shape index (κ1) is 13.8. The third-order valence-corrected chi connectivity index (χ3v) is 2.98. The molecular weight excluding hydrogens is 224 g/mol. The van der Waals surface area contributed by atoms with Gasteiger partial charge in [0.2, 0.25) is 0 Å². The Kier molecular flexibility index (Phi) is 4.75. The van der Waals surface area contributed by atoms with Gasteiger partial charge in [0.15, 0.2) is 17.4 Å². The van der Waals surface area contributed by atoms with Crippen molar-refractivity contribution in [3.8, 4) is 0 Å². The van der Waals surface area contributed by atoms with Gasteiger partial charge in [-0.1, -0.05) is 6.92 Å². The summed E-state index contributed by atoms with van der Waals surface area (Å²) in [6.07, 6.45) is 0.932. The number of hydrogen-bond donors (Lipinski definition) is 0. The van der Waals surface area contributed by atoms with E-state index in [0.29, 0.717) is 0 Å². The van der Waals surface area contributed by atoms with Crippen LogP contribution in [0.3, 0.4) is 0 Å². The number of likely N-dealkylation sites (N-methyl/N-ethyl adjacent to an activating group) is 1. The number of carbonyl (C=O) groups is 1. The quantitative estimate of drug-likeness (QED) is 0.739. The summed E-state index contributed by atoms with van der Waals surface area (Å²) in [5, 5.41) is 0. The van der Waals surface area contributed by atoms with Crippen molar-refractivity contribution in [3.05, 3.63) is 35.4 Å². The van der Waals surface area contributed by atoms with Gasteiger partial charge in [0.1, 0.15) is 0 Å². The number of rotatable bonds is 5. The Morgan fingerprint density at radius 2 is 2.00 bits per heavy atom. The van der Waals surface area contributed by atoms with Crippen molar-refractivity contribution < 1.29 is 13.6 Å². The molecule has 0 saturated heterocycles. The molecule has 0 aliphatic carbocycles. The predicted molar refractivity (Wildman–Crippen MR) is 63.1 cm³/mol. The van der Waals surface area contributed by atoms with E-state index >= 15 is 0 Å². The van der Waals surface area contributed by atoms with E-state index in [4.69, 9.17) is 0 Å². The van der Waals surface area contributed by atoms with E-state index in [0.717, 1.165) is 18.6 Å². The van der Waals surface area contributed by atoms with Crippen LogP contribution in [0, 0.1) is 11.6 Å². The number of hydrogen-bond acceptors (Lipinski definition) is 2. The molecule has 0 aliphatic rings. The standard InChI is InChI=1S/C13H17F2NO/c1-4-9(2)16(3)8-13(17)10-5-6-11(14)12(15)7-10/h5-7,9H,4,8H2,1-3H3. The van der Waals surface area contributed by atoms with E-state index in [1.165, 1.54) is 6.07 Å². The Morgan fingerprint density at radius 3 is 2.53 bits per heavy atom. The smallest absolute Gasteiger partial charge is 0.176 e. The van der Waals surface area contributed by atoms with Crippen LogP contribution in [0.25, 0.3) is 0 Å². The number of halogens is 2. The number of ketones is 1. The summed E-state index contributed by atoms with van der Waals surface area (Å²) >= 11 is 0. The molecular formula is C13H17F2NO. The van der Waals surface area contributed by atoms with Crippen LogP contribution < -0.4 is 0 Å². The minimum Gasteiger partial charge on any atom is -0.296 e. The zero-order chi connectivity index (χ0) is 13.0. The minimum absolute atomic E-state index is 0.202. The number of Topliss-reactive ketones (excluding diaryl/α,β-unsaturated/α-hetero) is 1. The van der Waals surface area contributed by atoms with Crippen molar-refractivity contribution in [3.63, 3.8) is 0 Å². The Bertz CT molecular complexity index is 406. The van der Waals surface area contributed by atoms with Crippen molar-refractivity contribution in [1.29, 1.82) is 0 Å². The van der Waals surface area contributed by atoms with E-state index < -0.39 is 11.6 Å². The molecule has 0 spiro atoms. The maximum atomic E-state index is 13.0. The fraction of sp³-hybridized carbons (Fsp3) is 0.462. The lowest BCUT2D eigenvalue weighted by Gasteiger charge is -2.22. The zero-order valence-corrected chi connectivity index (χ0v) is 10.3. The molecule has 4 heteroatoms. The van der Waals surface area contributed by atoms with Crippen molar-refractivity contribution in [2.24, 2.45) is 0 Å². The van der Waals surface area contributed by atoms with Gasteiger partial charge in [-0.25, -0.2) is 8.78 Å². The average molecular weight is 241 g/mol. The topological polar surface area (TPSA) is 20.3 Å². The van der Waals surface area contributed by atoms with Crippen LogP contribution in [0.5, 0.6) is 0 Å². The molecule has 94 valence electrons. The molecule has 0 aromatic heterocycles. The SMILES string of the molecule is CCC(C)N(C)CC(=O)c1ccc(F)c(F)c1. The first-order chi connectivity index (χ1) is 7.95. The van der Waals surface area contributed by atoms with Crippen molar-refractivity contribution in [2.75, 3.05) is 13.6 Å². The van der Waals surface area contributed by atoms with E-state index in [9.17, 15) is 13.6 Å². The lowest BCUT2D eigenvalue weighted by Crippen LogP contribution is -2.33. The summed E-state index contributed by atoms with van der Waals surface area (Å²) in [5.74, 6) is -2.12. The van der Waals surface area contributed by atoms with Crippen molar-refractivity contribution in [1.82, 2.24) is 4.90 Å². The van der Waals surface area contributed by atoms with Crippen LogP contribution in [0.1, 0.15) is 30.6 Å². The second-order valence-corrected chi connectivity index (χ2v) is 4.22. The van der Waals surface area contributed by atoms with Gasteiger partial charge in [0.25, 0.3) is 0 Å². The van der Waals surface area contributed by atoms with Gasteiger partial charge in [-0.3, -0.25) is 9.69 Å². The summed E-state index contributed by atoms with van der Waals surface area (Å²) in [6.45, 7) is 4.25. The zero-order valence-electron chi connectivity index (χ0n) is 10.3. The van der Waals surface area contributed by atoms with Gasteiger partial charge >= 0.3 is 0 Å². The summed E-state index contributed by atoms with van der Waals surface area (Å²) < 4.78 is 25.7. The third kappa shape index (κ3) is 3.60. The van der Waals surface area contributed by atoms with Crippen LogP contribution in [-0.2, 0) is 0 Å². The number of nitrogens with zero attached hydrogens (tertiary/aromatic N) is 1. The molecule has 0 N–H and O–H groups in total. The number of benzene rings is 1. The Labute approximate surface area is 100 Å². The summed E-state index contributed by atoms with van der Waals surface area (Å²) in [6, 6.07) is 3.52. The van der Waals surface area contributed by atoms with Crippen LogP contribution in [0.15, 0.2) is 18.2 Å². The van der Waals surface area contributed by atoms with E-state index in [-0.39, 0.29) is 23.9 Å². The molecule has 1 rings (SSSR count). The van der Waals surface area contributed by atoms with Crippen LogP contribution >= 0.6 is 0 Å². The first-order valence-electron chi connectivity index (χ1n) is 5.64. The summed E-state index contributed by atoms with van der Waals surface area (Å²) in [5.41, 5.74) is 0.207. The predicted octanol–water partition coefficient (Wildman–Crippen LogP) is 2.88. The van der Waals surface area contributed by atoms with Crippen LogP contribution in [-0.4, -0.2) is 30.3 Å². The molecule has 1 aromatic carbocycles. The monoisotopic (exact) mass is 241 g/mol. The van der Waals surface area contributed by atoms with Crippen LogP contribution in [0.4, 0.5) is 8.78 Å². The fourth-order valence-electron chi connectivity index (χ4n) is 1.45. The van der Waals surface area contributed by atoms with Crippen molar-refractivity contribution >= 4 is 5.78 Å². The molecule has 0 fully saturated rings. The molecule has 0 aliphatic heterocycles. The molecule has 0 heterocycles. The van der Waals surface area contributed by atoms with Crippen molar-refractivity contribution in [2.45, 2.75) is 26.3 Å². The van der Waals surface area contributed by atoms with E-state index in [1.807, 2.05) is 25.8 Å². The third-order valence-electron chi connectivity index (χ3n) is 2.98. The summed E-state index contributed by atoms with van der Waals surface area (Å²) in [4.78, 5) is 13.7. The highest BCUT2D eigenvalue weighted by atomic mass is 19.2. The maximum absolute atomic E-state index is 13.0. The lowest BCUT2D eigenvalue weighted by molar-refractivity contribution is 0.0923. The van der Waals surface area contributed by atoms with Gasteiger partial charge in [0.05, 0.1) is 6.54 Å². The molecule has 0 radical (unpaired) electrons. The molecule has 0 saturated carbocycles. The highest BCUT2D eigenvalue weighted by molar-refractivity contribution is 5.97. The van der Waals surface area contributed by atoms with Gasteiger partial charge in [0, 0.05) is 11.6 Å². The van der Waals surface area contributed by atoms with Gasteiger partial charge in [-0.2, -0.15) is 0 Å². The molecule has 17 heavy (non-hydrogen) atoms. The largest absolute Gasteiger partial charge is 0.296 e. The van der Waals surface area contributed by atoms with Gasteiger partial charge in [-0.15, -0.1) is 0 Å². The Hall–Kier alpha value is -1.29. The highest BCUT2D eigenvalue weighted by Gasteiger charge is 2.14. The lowest BCUT2D eigenvalue weighted by atomic mass is 10.1. The first-order valence-corrected chi connectivity index (χ1v) is 5.64. The molecule has 1 aromatic rings. The molecule has 1 unspecified atom stereocenters. The number of carbonyl (C=O) groups excluding carboxylic acids is 1. The van der Waals surface area contributed by atoms with Gasteiger partial charge in [-0.05, 0) is 38.6 Å². The highest BCUT2D eigenvalue weighted by Crippen LogP contribution is 2.10. The van der Waals surface area contributed by atoms with E-state index in [1.54, 1.807) is 0 Å². The van der Waals surface area contributed by atoms with Crippen LogP contribution in [0.2, 0.25) is 0 Å². The Morgan fingerprint density at radius 1 is 1.35 bits per heavy atom. The fourth-order valence-corrected chi connectivity index (χ4v) is 1.45.